The van der Waals surface area contributed by atoms with Crippen LogP contribution in [0.1, 0.15) is 26.2 Å². The molecule has 0 amide bonds. The van der Waals surface area contributed by atoms with Crippen LogP contribution in [0.3, 0.4) is 0 Å². The summed E-state index contributed by atoms with van der Waals surface area (Å²) in [5.74, 6) is 0.331. The molecule has 1 aromatic heterocycles. The molecule has 0 aromatic carbocycles. The molecular formula is C11H15ClN2O3S. The quantitative estimate of drug-likeness (QED) is 0.885. The summed E-state index contributed by atoms with van der Waals surface area (Å²) in [6.07, 6.45) is 4.06. The van der Waals surface area contributed by atoms with Crippen molar-refractivity contribution in [3.05, 3.63) is 27.6 Å². The molecular weight excluding hydrogens is 276 g/mol. The van der Waals surface area contributed by atoms with Gasteiger partial charge in [0, 0.05) is 12.2 Å². The molecule has 2 rings (SSSR count). The summed E-state index contributed by atoms with van der Waals surface area (Å²) in [6, 6.07) is 1.13. The molecule has 0 aliphatic heterocycles. The molecule has 0 spiro atoms. The number of aromatic amines is 1. The minimum absolute atomic E-state index is 0.00815. The van der Waals surface area contributed by atoms with E-state index in [0.29, 0.717) is 5.92 Å². The molecule has 2 N–H and O–H groups in total. The Hall–Kier alpha value is -0.850. The van der Waals surface area contributed by atoms with Crippen molar-refractivity contribution >= 4 is 21.6 Å². The summed E-state index contributed by atoms with van der Waals surface area (Å²) in [6.45, 7) is 2.03. The zero-order valence-corrected chi connectivity index (χ0v) is 11.5. The van der Waals surface area contributed by atoms with Crippen LogP contribution < -0.4 is 10.3 Å². The van der Waals surface area contributed by atoms with E-state index < -0.39 is 15.6 Å². The number of rotatable bonds is 3. The molecule has 1 aliphatic rings. The van der Waals surface area contributed by atoms with Crippen molar-refractivity contribution in [2.45, 2.75) is 37.1 Å². The van der Waals surface area contributed by atoms with E-state index in [-0.39, 0.29) is 16.0 Å². The fourth-order valence-corrected chi connectivity index (χ4v) is 3.79. The lowest BCUT2D eigenvalue weighted by Gasteiger charge is -2.17. The maximum Gasteiger partial charge on any atom is 0.266 e. The average Bonchev–Trinajstić information content (AvgIpc) is 2.67. The van der Waals surface area contributed by atoms with Gasteiger partial charge in [0.2, 0.25) is 10.0 Å². The van der Waals surface area contributed by atoms with Crippen molar-refractivity contribution < 1.29 is 8.42 Å². The van der Waals surface area contributed by atoms with Crippen LogP contribution in [0.25, 0.3) is 0 Å². The monoisotopic (exact) mass is 290 g/mol. The van der Waals surface area contributed by atoms with E-state index in [4.69, 9.17) is 11.6 Å². The molecule has 0 saturated heterocycles. The van der Waals surface area contributed by atoms with Crippen LogP contribution in [-0.4, -0.2) is 19.4 Å². The minimum Gasteiger partial charge on any atom is -0.326 e. The number of H-pyrrole nitrogens is 1. The van der Waals surface area contributed by atoms with E-state index in [1.165, 1.54) is 6.07 Å². The number of pyridine rings is 1. The third-order valence-corrected chi connectivity index (χ3v) is 5.06. The van der Waals surface area contributed by atoms with Crippen molar-refractivity contribution in [3.63, 3.8) is 0 Å². The normalized spacial score (nSPS) is 24.3. The zero-order valence-electron chi connectivity index (χ0n) is 9.94. The van der Waals surface area contributed by atoms with Crippen molar-refractivity contribution in [2.75, 3.05) is 0 Å². The predicted octanol–water partition coefficient (Wildman–Crippen LogP) is 1.50. The SMILES string of the molecule is CC1CCCC1NS(=O)(=O)c1c[nH]c(=O)c(Cl)c1. The summed E-state index contributed by atoms with van der Waals surface area (Å²) < 4.78 is 26.9. The molecule has 1 fully saturated rings. The Labute approximate surface area is 111 Å². The molecule has 2 unspecified atom stereocenters. The number of sulfonamides is 1. The highest BCUT2D eigenvalue weighted by molar-refractivity contribution is 7.89. The highest BCUT2D eigenvalue weighted by atomic mass is 35.5. The van der Waals surface area contributed by atoms with Gasteiger partial charge in [-0.2, -0.15) is 0 Å². The van der Waals surface area contributed by atoms with Crippen molar-refractivity contribution in [1.29, 1.82) is 0 Å². The van der Waals surface area contributed by atoms with Crippen LogP contribution in [-0.2, 0) is 10.0 Å². The molecule has 1 saturated carbocycles. The van der Waals surface area contributed by atoms with Gasteiger partial charge < -0.3 is 4.98 Å². The van der Waals surface area contributed by atoms with Crippen LogP contribution in [0, 0.1) is 5.92 Å². The Morgan fingerprint density at radius 3 is 2.72 bits per heavy atom. The van der Waals surface area contributed by atoms with Gasteiger partial charge >= 0.3 is 0 Å². The summed E-state index contributed by atoms with van der Waals surface area (Å²) in [4.78, 5) is 13.4. The van der Waals surface area contributed by atoms with Crippen molar-refractivity contribution in [3.8, 4) is 0 Å². The topological polar surface area (TPSA) is 79.0 Å². The summed E-state index contributed by atoms with van der Waals surface area (Å²) in [5.41, 5.74) is -0.496. The second-order valence-corrected chi connectivity index (χ2v) is 6.77. The standard InChI is InChI=1S/C11H15ClN2O3S/c1-7-3-2-4-10(7)14-18(16,17)8-5-9(12)11(15)13-6-8/h5-7,10,14H,2-4H2,1H3,(H,13,15). The first-order valence-electron chi connectivity index (χ1n) is 5.81. The fourth-order valence-electron chi connectivity index (χ4n) is 2.18. The zero-order chi connectivity index (χ0) is 13.3. The smallest absolute Gasteiger partial charge is 0.266 e. The molecule has 1 aliphatic carbocycles. The molecule has 2 atom stereocenters. The second kappa shape index (κ2) is 5.03. The molecule has 7 heteroatoms. The number of hydrogen-bond donors (Lipinski definition) is 2. The van der Waals surface area contributed by atoms with E-state index in [2.05, 4.69) is 9.71 Å². The third kappa shape index (κ3) is 2.76. The van der Waals surface area contributed by atoms with E-state index >= 15 is 0 Å². The third-order valence-electron chi connectivity index (χ3n) is 3.31. The molecule has 5 nitrogen and oxygen atoms in total. The van der Waals surface area contributed by atoms with Gasteiger partial charge in [0.1, 0.15) is 5.02 Å². The van der Waals surface area contributed by atoms with Crippen molar-refractivity contribution in [1.82, 2.24) is 9.71 Å². The van der Waals surface area contributed by atoms with Gasteiger partial charge in [-0.1, -0.05) is 24.9 Å². The van der Waals surface area contributed by atoms with Crippen LogP contribution in [0.2, 0.25) is 5.02 Å². The maximum absolute atomic E-state index is 12.1. The van der Waals surface area contributed by atoms with Gasteiger partial charge in [-0.15, -0.1) is 0 Å². The number of hydrogen-bond acceptors (Lipinski definition) is 3. The maximum atomic E-state index is 12.1. The Balaban J connectivity index is 2.25. The van der Waals surface area contributed by atoms with Gasteiger partial charge in [-0.05, 0) is 24.8 Å². The molecule has 1 aromatic rings. The van der Waals surface area contributed by atoms with Crippen LogP contribution >= 0.6 is 11.6 Å². The molecule has 0 radical (unpaired) electrons. The van der Waals surface area contributed by atoms with Crippen molar-refractivity contribution in [2.24, 2.45) is 5.92 Å². The molecule has 0 bridgehead atoms. The van der Waals surface area contributed by atoms with Crippen LogP contribution in [0.15, 0.2) is 22.0 Å². The lowest BCUT2D eigenvalue weighted by Crippen LogP contribution is -2.36. The van der Waals surface area contributed by atoms with Gasteiger partial charge in [-0.3, -0.25) is 4.79 Å². The predicted molar refractivity (Wildman–Crippen MR) is 69.2 cm³/mol. The minimum atomic E-state index is -3.62. The van der Waals surface area contributed by atoms with Crippen LogP contribution in [0.4, 0.5) is 0 Å². The highest BCUT2D eigenvalue weighted by Crippen LogP contribution is 2.26. The van der Waals surface area contributed by atoms with Gasteiger partial charge in [0.05, 0.1) is 4.90 Å². The number of halogens is 1. The lowest BCUT2D eigenvalue weighted by molar-refractivity contribution is 0.476. The Bertz CT molecular complexity index is 597. The van der Waals surface area contributed by atoms with E-state index in [1.54, 1.807) is 0 Å². The fraction of sp³-hybridized carbons (Fsp3) is 0.545. The van der Waals surface area contributed by atoms with Crippen LogP contribution in [0.5, 0.6) is 0 Å². The Morgan fingerprint density at radius 2 is 2.17 bits per heavy atom. The van der Waals surface area contributed by atoms with E-state index in [9.17, 15) is 13.2 Å². The second-order valence-electron chi connectivity index (χ2n) is 4.65. The lowest BCUT2D eigenvalue weighted by atomic mass is 10.1. The number of nitrogens with one attached hydrogen (secondary N) is 2. The summed E-state index contributed by atoms with van der Waals surface area (Å²) >= 11 is 5.63. The summed E-state index contributed by atoms with van der Waals surface area (Å²) in [5, 5.41) is -0.127. The largest absolute Gasteiger partial charge is 0.326 e. The van der Waals surface area contributed by atoms with E-state index in [0.717, 1.165) is 25.5 Å². The van der Waals surface area contributed by atoms with Gasteiger partial charge in [0.15, 0.2) is 0 Å². The Kier molecular flexibility index (Phi) is 3.79. The van der Waals surface area contributed by atoms with Gasteiger partial charge in [0.25, 0.3) is 5.56 Å². The van der Waals surface area contributed by atoms with E-state index in [1.807, 2.05) is 6.92 Å². The molecule has 18 heavy (non-hydrogen) atoms. The molecule has 100 valence electrons. The summed E-state index contributed by atoms with van der Waals surface area (Å²) in [7, 11) is -3.62. The highest BCUT2D eigenvalue weighted by Gasteiger charge is 2.28. The van der Waals surface area contributed by atoms with Gasteiger partial charge in [-0.25, -0.2) is 13.1 Å². The first-order chi connectivity index (χ1) is 8.40. The molecule has 1 heterocycles. The number of aromatic nitrogens is 1. The first kappa shape index (κ1) is 13.6. The first-order valence-corrected chi connectivity index (χ1v) is 7.67. The Morgan fingerprint density at radius 1 is 1.44 bits per heavy atom. The average molecular weight is 291 g/mol.